The quantitative estimate of drug-likeness (QED) is 0.854. The van der Waals surface area contributed by atoms with Crippen LogP contribution in [0.5, 0.6) is 0 Å². The second kappa shape index (κ2) is 3.81. The second-order valence-electron chi connectivity index (χ2n) is 4.61. The van der Waals surface area contributed by atoms with Gasteiger partial charge in [-0.3, -0.25) is 0 Å². The molecule has 1 aliphatic carbocycles. The minimum Gasteiger partial charge on any atom is -0.497 e. The first kappa shape index (κ1) is 10.7. The lowest BCUT2D eigenvalue weighted by Crippen LogP contribution is -2.34. The molecule has 3 rings (SSSR count). The average molecular weight is 236 g/mol. The third kappa shape index (κ3) is 1.47. The SMILES string of the molecule is COC1=C2OCCC[C@H]2[C@@](O)(c2ccco2)C1. The van der Waals surface area contributed by atoms with Gasteiger partial charge in [0.05, 0.1) is 25.9 Å². The zero-order valence-corrected chi connectivity index (χ0v) is 9.81. The van der Waals surface area contributed by atoms with Gasteiger partial charge in [-0.2, -0.15) is 0 Å². The molecule has 2 heterocycles. The summed E-state index contributed by atoms with van der Waals surface area (Å²) in [6, 6.07) is 3.60. The van der Waals surface area contributed by atoms with Crippen LogP contribution < -0.4 is 0 Å². The monoisotopic (exact) mass is 236 g/mol. The molecule has 0 radical (unpaired) electrons. The van der Waals surface area contributed by atoms with Crippen molar-refractivity contribution < 1.29 is 19.0 Å². The fourth-order valence-electron chi connectivity index (χ4n) is 2.84. The molecule has 0 saturated carbocycles. The highest BCUT2D eigenvalue weighted by Gasteiger charge is 2.52. The number of rotatable bonds is 2. The Morgan fingerprint density at radius 1 is 1.53 bits per heavy atom. The van der Waals surface area contributed by atoms with Gasteiger partial charge in [0, 0.05) is 6.42 Å². The Hall–Kier alpha value is -1.42. The van der Waals surface area contributed by atoms with Crippen LogP contribution in [0.3, 0.4) is 0 Å². The van der Waals surface area contributed by atoms with Gasteiger partial charge in [-0.25, -0.2) is 0 Å². The Morgan fingerprint density at radius 3 is 3.12 bits per heavy atom. The Morgan fingerprint density at radius 2 is 2.41 bits per heavy atom. The molecule has 1 N–H and O–H groups in total. The van der Waals surface area contributed by atoms with E-state index in [1.807, 2.05) is 6.07 Å². The van der Waals surface area contributed by atoms with E-state index in [9.17, 15) is 5.11 Å². The largest absolute Gasteiger partial charge is 0.497 e. The summed E-state index contributed by atoms with van der Waals surface area (Å²) in [5, 5.41) is 10.9. The van der Waals surface area contributed by atoms with E-state index in [4.69, 9.17) is 13.9 Å². The lowest BCUT2D eigenvalue weighted by molar-refractivity contribution is -0.0490. The van der Waals surface area contributed by atoms with Crippen LogP contribution in [0.4, 0.5) is 0 Å². The third-order valence-electron chi connectivity index (χ3n) is 3.69. The number of methoxy groups -OCH3 is 1. The van der Waals surface area contributed by atoms with Gasteiger partial charge < -0.3 is 19.0 Å². The molecule has 0 aromatic carbocycles. The van der Waals surface area contributed by atoms with Crippen LogP contribution in [0.2, 0.25) is 0 Å². The number of fused-ring (bicyclic) bond motifs is 1. The molecule has 0 spiro atoms. The lowest BCUT2D eigenvalue weighted by Gasteiger charge is -2.31. The Labute approximate surface area is 99.8 Å². The van der Waals surface area contributed by atoms with Gasteiger partial charge in [-0.1, -0.05) is 0 Å². The molecule has 92 valence electrons. The summed E-state index contributed by atoms with van der Waals surface area (Å²) < 4.78 is 16.4. The van der Waals surface area contributed by atoms with E-state index in [2.05, 4.69) is 0 Å². The molecule has 0 amide bonds. The summed E-state index contributed by atoms with van der Waals surface area (Å²) in [6.45, 7) is 0.701. The standard InChI is InChI=1S/C13H16O4/c1-15-10-8-13(14,11-5-3-6-16-11)9-4-2-7-17-12(9)10/h3,5-6,9,14H,2,4,7-8H2,1H3/t9-,13-/m1/s1. The molecule has 1 saturated heterocycles. The Balaban J connectivity index is 2.00. The number of ether oxygens (including phenoxy) is 2. The van der Waals surface area contributed by atoms with Crippen LogP contribution in [-0.4, -0.2) is 18.8 Å². The number of hydrogen-bond donors (Lipinski definition) is 1. The van der Waals surface area contributed by atoms with E-state index >= 15 is 0 Å². The predicted octanol–water partition coefficient (Wildman–Crippen LogP) is 2.16. The van der Waals surface area contributed by atoms with Gasteiger partial charge in [-0.05, 0) is 25.0 Å². The normalized spacial score (nSPS) is 32.2. The van der Waals surface area contributed by atoms with Gasteiger partial charge >= 0.3 is 0 Å². The maximum atomic E-state index is 10.9. The first-order chi connectivity index (χ1) is 8.25. The van der Waals surface area contributed by atoms with Crippen molar-refractivity contribution in [3.05, 3.63) is 35.7 Å². The van der Waals surface area contributed by atoms with E-state index in [1.54, 1.807) is 19.4 Å². The maximum absolute atomic E-state index is 10.9. The minimum atomic E-state index is -1.01. The van der Waals surface area contributed by atoms with Gasteiger partial charge in [0.15, 0.2) is 0 Å². The predicted molar refractivity (Wildman–Crippen MR) is 59.9 cm³/mol. The lowest BCUT2D eigenvalue weighted by atomic mass is 9.83. The molecule has 1 aromatic heterocycles. The highest BCUT2D eigenvalue weighted by molar-refractivity contribution is 5.28. The van der Waals surface area contributed by atoms with E-state index in [0.717, 1.165) is 24.4 Å². The van der Waals surface area contributed by atoms with Crippen LogP contribution in [0, 0.1) is 5.92 Å². The summed E-state index contributed by atoms with van der Waals surface area (Å²) >= 11 is 0. The summed E-state index contributed by atoms with van der Waals surface area (Å²) in [7, 11) is 1.62. The first-order valence-electron chi connectivity index (χ1n) is 5.92. The molecule has 2 aliphatic rings. The fourth-order valence-corrected chi connectivity index (χ4v) is 2.84. The molecule has 17 heavy (non-hydrogen) atoms. The smallest absolute Gasteiger partial charge is 0.140 e. The van der Waals surface area contributed by atoms with Crippen LogP contribution in [0.1, 0.15) is 25.0 Å². The Bertz CT molecular complexity index is 434. The van der Waals surface area contributed by atoms with Crippen molar-refractivity contribution in [2.45, 2.75) is 24.9 Å². The summed E-state index contributed by atoms with van der Waals surface area (Å²) in [5.41, 5.74) is -1.01. The van der Waals surface area contributed by atoms with Crippen molar-refractivity contribution >= 4 is 0 Å². The van der Waals surface area contributed by atoms with Gasteiger partial charge in [-0.15, -0.1) is 0 Å². The van der Waals surface area contributed by atoms with Crippen molar-refractivity contribution in [2.75, 3.05) is 13.7 Å². The van der Waals surface area contributed by atoms with Crippen LogP contribution in [0.15, 0.2) is 34.3 Å². The molecule has 1 fully saturated rings. The topological polar surface area (TPSA) is 51.8 Å². The van der Waals surface area contributed by atoms with Crippen molar-refractivity contribution in [3.8, 4) is 0 Å². The van der Waals surface area contributed by atoms with Crippen molar-refractivity contribution in [3.63, 3.8) is 0 Å². The molecule has 1 aromatic rings. The van der Waals surface area contributed by atoms with E-state index in [-0.39, 0.29) is 5.92 Å². The maximum Gasteiger partial charge on any atom is 0.140 e. The third-order valence-corrected chi connectivity index (χ3v) is 3.69. The van der Waals surface area contributed by atoms with Crippen LogP contribution in [-0.2, 0) is 15.1 Å². The molecular weight excluding hydrogens is 220 g/mol. The Kier molecular flexibility index (Phi) is 2.40. The average Bonchev–Trinajstić information content (AvgIpc) is 2.97. The summed E-state index contributed by atoms with van der Waals surface area (Å²) in [5.74, 6) is 2.10. The zero-order valence-electron chi connectivity index (χ0n) is 9.81. The van der Waals surface area contributed by atoms with Crippen molar-refractivity contribution in [1.29, 1.82) is 0 Å². The van der Waals surface area contributed by atoms with Gasteiger partial charge in [0.2, 0.25) is 0 Å². The molecule has 1 aliphatic heterocycles. The van der Waals surface area contributed by atoms with Crippen molar-refractivity contribution in [2.24, 2.45) is 5.92 Å². The first-order valence-corrected chi connectivity index (χ1v) is 5.92. The summed E-state index contributed by atoms with van der Waals surface area (Å²) in [4.78, 5) is 0. The molecule has 0 unspecified atom stereocenters. The molecule has 4 nitrogen and oxygen atoms in total. The fraction of sp³-hybridized carbons (Fsp3) is 0.538. The molecule has 2 atom stereocenters. The highest BCUT2D eigenvalue weighted by Crippen LogP contribution is 2.51. The van der Waals surface area contributed by atoms with Crippen LogP contribution in [0.25, 0.3) is 0 Å². The molecule has 0 bridgehead atoms. The van der Waals surface area contributed by atoms with E-state index in [1.165, 1.54) is 0 Å². The molecular formula is C13H16O4. The van der Waals surface area contributed by atoms with Gasteiger partial charge in [0.25, 0.3) is 0 Å². The molecule has 4 heteroatoms. The number of furan rings is 1. The second-order valence-corrected chi connectivity index (χ2v) is 4.61. The minimum absolute atomic E-state index is 0.0441. The van der Waals surface area contributed by atoms with Crippen molar-refractivity contribution in [1.82, 2.24) is 0 Å². The zero-order chi connectivity index (χ0) is 11.9. The number of aliphatic hydroxyl groups is 1. The van der Waals surface area contributed by atoms with Crippen LogP contribution >= 0.6 is 0 Å². The highest BCUT2D eigenvalue weighted by atomic mass is 16.5. The van der Waals surface area contributed by atoms with Gasteiger partial charge in [0.1, 0.15) is 22.9 Å². The van der Waals surface area contributed by atoms with E-state index < -0.39 is 5.60 Å². The van der Waals surface area contributed by atoms with E-state index in [0.29, 0.717) is 18.8 Å². The number of hydrogen-bond acceptors (Lipinski definition) is 4. The summed E-state index contributed by atoms with van der Waals surface area (Å²) in [6.07, 6.45) is 3.87.